The average Bonchev–Trinajstić information content (AvgIpc) is 3.00. The van der Waals surface area contributed by atoms with Crippen LogP contribution in [0.4, 0.5) is 0 Å². The normalized spacial score (nSPS) is 11.0. The van der Waals surface area contributed by atoms with E-state index in [0.717, 1.165) is 54.9 Å². The Labute approximate surface area is 177 Å². The molecule has 0 unspecified atom stereocenters. The lowest BCUT2D eigenvalue weighted by Crippen LogP contribution is -2.39. The summed E-state index contributed by atoms with van der Waals surface area (Å²) in [5.74, 6) is 1.83. The summed E-state index contributed by atoms with van der Waals surface area (Å²) in [4.78, 5) is 10.9. The second kappa shape index (κ2) is 12.1. The Bertz CT molecular complexity index is 672. The fourth-order valence-corrected chi connectivity index (χ4v) is 3.04. The van der Waals surface area contributed by atoms with Crippen LogP contribution in [0.25, 0.3) is 0 Å². The molecule has 26 heavy (non-hydrogen) atoms. The molecule has 0 radical (unpaired) electrons. The number of hydrogen-bond acceptors (Lipinski definition) is 4. The van der Waals surface area contributed by atoms with Gasteiger partial charge < -0.3 is 15.0 Å². The lowest BCUT2D eigenvalue weighted by atomic mass is 10.2. The first-order chi connectivity index (χ1) is 12.1. The van der Waals surface area contributed by atoms with Crippen molar-refractivity contribution >= 4 is 41.3 Å². The number of unbranched alkanes of at least 4 members (excludes halogenated alkanes) is 1. The molecule has 1 aromatic carbocycles. The molecular weight excluding hydrogens is 459 g/mol. The first-order valence-electron chi connectivity index (χ1n) is 8.60. The number of halogens is 1. The molecule has 0 saturated carbocycles. The Balaban J connectivity index is 0.00000338. The predicted octanol–water partition coefficient (Wildman–Crippen LogP) is 4.24. The van der Waals surface area contributed by atoms with E-state index in [0.29, 0.717) is 0 Å². The average molecular weight is 488 g/mol. The number of nitrogens with one attached hydrogen (secondary N) is 1. The number of hydrogen-bond donors (Lipinski definition) is 1. The zero-order valence-electron chi connectivity index (χ0n) is 16.0. The highest BCUT2D eigenvalue weighted by molar-refractivity contribution is 14.0. The Hall–Kier alpha value is -1.35. The van der Waals surface area contributed by atoms with Crippen LogP contribution in [0.3, 0.4) is 0 Å². The highest BCUT2D eigenvalue weighted by Crippen LogP contribution is 2.12. The second-order valence-electron chi connectivity index (χ2n) is 6.06. The van der Waals surface area contributed by atoms with Crippen molar-refractivity contribution in [3.63, 3.8) is 0 Å². The van der Waals surface area contributed by atoms with Gasteiger partial charge in [0.25, 0.3) is 0 Å². The molecule has 0 aliphatic heterocycles. The van der Waals surface area contributed by atoms with Crippen LogP contribution < -0.4 is 10.1 Å². The second-order valence-corrected chi connectivity index (χ2v) is 7.12. The van der Waals surface area contributed by atoms with Crippen LogP contribution in [0.5, 0.6) is 5.75 Å². The Kier molecular flexibility index (Phi) is 10.6. The third kappa shape index (κ3) is 7.90. The van der Waals surface area contributed by atoms with Gasteiger partial charge in [-0.3, -0.25) is 4.99 Å². The van der Waals surface area contributed by atoms with E-state index in [2.05, 4.69) is 44.6 Å². The standard InChI is InChI=1S/C19H28N4OS.HI/c1-15-7-9-18(10-8-15)24-12-6-5-11-21-19(20-3)23(4)13-17-14-25-16(2)22-17;/h7-10,14H,5-6,11-13H2,1-4H3,(H,20,21);1H. The molecule has 0 spiro atoms. The zero-order chi connectivity index (χ0) is 18.1. The molecule has 0 atom stereocenters. The van der Waals surface area contributed by atoms with Crippen LogP contribution in [-0.2, 0) is 6.54 Å². The highest BCUT2D eigenvalue weighted by Gasteiger charge is 2.08. The molecule has 1 heterocycles. The van der Waals surface area contributed by atoms with Crippen LogP contribution in [0, 0.1) is 13.8 Å². The zero-order valence-corrected chi connectivity index (χ0v) is 19.1. The number of benzene rings is 1. The Morgan fingerprint density at radius 1 is 1.23 bits per heavy atom. The number of rotatable bonds is 8. The van der Waals surface area contributed by atoms with E-state index in [4.69, 9.17) is 4.74 Å². The first-order valence-corrected chi connectivity index (χ1v) is 9.48. The molecule has 1 aromatic heterocycles. The van der Waals surface area contributed by atoms with Gasteiger partial charge in [-0.05, 0) is 38.8 Å². The van der Waals surface area contributed by atoms with Gasteiger partial charge in [-0.15, -0.1) is 35.3 Å². The van der Waals surface area contributed by atoms with Gasteiger partial charge in [0.15, 0.2) is 5.96 Å². The summed E-state index contributed by atoms with van der Waals surface area (Å²) in [5.41, 5.74) is 2.33. The molecule has 7 heteroatoms. The molecule has 0 saturated heterocycles. The van der Waals surface area contributed by atoms with Gasteiger partial charge in [0, 0.05) is 26.0 Å². The predicted molar refractivity (Wildman–Crippen MR) is 121 cm³/mol. The number of ether oxygens (including phenoxy) is 1. The minimum atomic E-state index is 0. The van der Waals surface area contributed by atoms with Crippen molar-refractivity contribution in [1.82, 2.24) is 15.2 Å². The van der Waals surface area contributed by atoms with Crippen LogP contribution in [0.1, 0.15) is 29.1 Å². The quantitative estimate of drug-likeness (QED) is 0.261. The largest absolute Gasteiger partial charge is 0.494 e. The fourth-order valence-electron chi connectivity index (χ4n) is 2.44. The van der Waals surface area contributed by atoms with Crippen molar-refractivity contribution in [2.24, 2.45) is 4.99 Å². The molecule has 2 rings (SSSR count). The van der Waals surface area contributed by atoms with E-state index in [1.165, 1.54) is 5.56 Å². The van der Waals surface area contributed by atoms with Gasteiger partial charge in [0.1, 0.15) is 5.75 Å². The molecule has 0 aliphatic rings. The lowest BCUT2D eigenvalue weighted by molar-refractivity contribution is 0.306. The summed E-state index contributed by atoms with van der Waals surface area (Å²) in [6, 6.07) is 8.18. The number of aromatic nitrogens is 1. The van der Waals surface area contributed by atoms with E-state index in [1.807, 2.05) is 33.2 Å². The lowest BCUT2D eigenvalue weighted by Gasteiger charge is -2.21. The van der Waals surface area contributed by atoms with E-state index in [-0.39, 0.29) is 24.0 Å². The summed E-state index contributed by atoms with van der Waals surface area (Å²) >= 11 is 1.68. The van der Waals surface area contributed by atoms with Gasteiger partial charge in [0.2, 0.25) is 0 Å². The van der Waals surface area contributed by atoms with Crippen LogP contribution in [0.15, 0.2) is 34.6 Å². The summed E-state index contributed by atoms with van der Waals surface area (Å²) in [6.07, 6.45) is 2.04. The summed E-state index contributed by atoms with van der Waals surface area (Å²) in [7, 11) is 3.84. The molecular formula is C19H29IN4OS. The minimum Gasteiger partial charge on any atom is -0.494 e. The van der Waals surface area contributed by atoms with Gasteiger partial charge in [0.05, 0.1) is 23.9 Å². The molecule has 144 valence electrons. The van der Waals surface area contributed by atoms with E-state index in [1.54, 1.807) is 11.3 Å². The molecule has 5 nitrogen and oxygen atoms in total. The molecule has 1 N–H and O–H groups in total. The monoisotopic (exact) mass is 488 g/mol. The molecule has 0 amide bonds. The topological polar surface area (TPSA) is 49.8 Å². The molecule has 2 aromatic rings. The Morgan fingerprint density at radius 3 is 2.58 bits per heavy atom. The van der Waals surface area contributed by atoms with Crippen LogP contribution in [0.2, 0.25) is 0 Å². The van der Waals surface area contributed by atoms with E-state index in [9.17, 15) is 0 Å². The van der Waals surface area contributed by atoms with Gasteiger partial charge in [-0.25, -0.2) is 4.98 Å². The van der Waals surface area contributed by atoms with Crippen molar-refractivity contribution in [2.45, 2.75) is 33.2 Å². The van der Waals surface area contributed by atoms with Crippen molar-refractivity contribution < 1.29 is 4.74 Å². The van der Waals surface area contributed by atoms with Gasteiger partial charge in [-0.2, -0.15) is 0 Å². The molecule has 0 fully saturated rings. The maximum Gasteiger partial charge on any atom is 0.193 e. The Morgan fingerprint density at radius 2 is 1.96 bits per heavy atom. The summed E-state index contributed by atoms with van der Waals surface area (Å²) in [5, 5.41) is 6.59. The number of thiazole rings is 1. The third-order valence-corrected chi connectivity index (χ3v) is 4.61. The van der Waals surface area contributed by atoms with Crippen molar-refractivity contribution in [3.05, 3.63) is 45.9 Å². The summed E-state index contributed by atoms with van der Waals surface area (Å²) < 4.78 is 5.75. The molecule has 0 aliphatic carbocycles. The number of guanidine groups is 1. The van der Waals surface area contributed by atoms with Crippen LogP contribution in [-0.4, -0.2) is 43.1 Å². The van der Waals surface area contributed by atoms with E-state index < -0.39 is 0 Å². The highest BCUT2D eigenvalue weighted by atomic mass is 127. The third-order valence-electron chi connectivity index (χ3n) is 3.78. The van der Waals surface area contributed by atoms with Crippen molar-refractivity contribution in [2.75, 3.05) is 27.2 Å². The smallest absolute Gasteiger partial charge is 0.193 e. The minimum absolute atomic E-state index is 0. The maximum absolute atomic E-state index is 5.75. The van der Waals surface area contributed by atoms with Crippen molar-refractivity contribution in [3.8, 4) is 5.75 Å². The number of nitrogens with zero attached hydrogens (tertiary/aromatic N) is 3. The van der Waals surface area contributed by atoms with Gasteiger partial charge >= 0.3 is 0 Å². The fraction of sp³-hybridized carbons (Fsp3) is 0.474. The van der Waals surface area contributed by atoms with Crippen LogP contribution >= 0.6 is 35.3 Å². The van der Waals surface area contributed by atoms with E-state index >= 15 is 0 Å². The number of aryl methyl sites for hydroxylation is 2. The van der Waals surface area contributed by atoms with Crippen molar-refractivity contribution in [1.29, 1.82) is 0 Å². The maximum atomic E-state index is 5.75. The summed E-state index contributed by atoms with van der Waals surface area (Å²) in [6.45, 7) is 6.48. The van der Waals surface area contributed by atoms with Gasteiger partial charge in [-0.1, -0.05) is 17.7 Å². The SMILES string of the molecule is CN=C(NCCCCOc1ccc(C)cc1)N(C)Cc1csc(C)n1.I. The number of aliphatic imine (C=N–C) groups is 1. The first kappa shape index (κ1) is 22.7. The molecule has 0 bridgehead atoms.